The number of unbranched alkanes of at least 4 members (excludes halogenated alkanes) is 1. The average molecular weight is 438 g/mol. The summed E-state index contributed by atoms with van der Waals surface area (Å²) in [6, 6.07) is 5.52. The number of hydrogen-bond donors (Lipinski definition) is 1. The summed E-state index contributed by atoms with van der Waals surface area (Å²) >= 11 is 0. The minimum atomic E-state index is -0.00912. The van der Waals surface area contributed by atoms with Crippen molar-refractivity contribution < 1.29 is 4.79 Å². The van der Waals surface area contributed by atoms with Gasteiger partial charge in [0, 0.05) is 41.0 Å². The van der Waals surface area contributed by atoms with E-state index < -0.39 is 0 Å². The van der Waals surface area contributed by atoms with Gasteiger partial charge in [-0.25, -0.2) is 4.99 Å². The molecule has 0 radical (unpaired) electrons. The Hall–Kier alpha value is -2.69. The van der Waals surface area contributed by atoms with Gasteiger partial charge in [-0.2, -0.15) is 0 Å². The first-order chi connectivity index (χ1) is 15.5. The molecule has 1 aliphatic carbocycles. The molecule has 1 fully saturated rings. The molecule has 3 rings (SSSR count). The highest BCUT2D eigenvalue weighted by atomic mass is 16.1. The predicted molar refractivity (Wildman–Crippen MR) is 136 cm³/mol. The molecule has 1 aromatic heterocycles. The minimum Gasteiger partial charge on any atom is -0.371 e. The number of aldehydes is 1. The molecule has 1 saturated carbocycles. The van der Waals surface area contributed by atoms with Gasteiger partial charge in [-0.15, -0.1) is 0 Å². The standard InChI is InChI=1S/C24H31N3O2.C3H8/c1-4-5-13-25-18(3)26-15-23-17(2)27(20-9-7-6-8-10-20)24(29)22-14-19(16-28)11-12-21(22)23;1-3-2/h11-12,14-16,20,25H,3-10,13H2,1-2H3;3H2,1-2H3/b26-15-;. The number of carbonyl (C=O) groups excluding carboxylic acids is 1. The number of aliphatic imine (C=N–C) groups is 1. The van der Waals surface area contributed by atoms with Crippen molar-refractivity contribution in [2.45, 2.75) is 85.1 Å². The monoisotopic (exact) mass is 437 g/mol. The Morgan fingerprint density at radius 1 is 1.19 bits per heavy atom. The van der Waals surface area contributed by atoms with Gasteiger partial charge in [0.2, 0.25) is 0 Å². The van der Waals surface area contributed by atoms with E-state index in [1.165, 1.54) is 12.8 Å². The molecule has 1 N–H and O–H groups in total. The first-order valence-corrected chi connectivity index (χ1v) is 12.1. The summed E-state index contributed by atoms with van der Waals surface area (Å²) in [7, 11) is 0. The van der Waals surface area contributed by atoms with Crippen molar-refractivity contribution in [3.05, 3.63) is 57.8 Å². The van der Waals surface area contributed by atoms with Crippen LogP contribution in [-0.2, 0) is 0 Å². The van der Waals surface area contributed by atoms with E-state index in [4.69, 9.17) is 0 Å². The molecule has 5 heteroatoms. The Bertz CT molecular complexity index is 998. The number of nitrogens with one attached hydrogen (secondary N) is 1. The SMILES string of the molecule is C=C(/N=C\c1c(C)n(C2CCCCC2)c(=O)c2cc(C=O)ccc12)NCCCC.CCC. The van der Waals surface area contributed by atoms with Gasteiger partial charge < -0.3 is 9.88 Å². The summed E-state index contributed by atoms with van der Waals surface area (Å²) < 4.78 is 1.94. The number of hydrogen-bond acceptors (Lipinski definition) is 4. The van der Waals surface area contributed by atoms with E-state index in [1.807, 2.05) is 17.6 Å². The summed E-state index contributed by atoms with van der Waals surface area (Å²) in [6.45, 7) is 13.2. The lowest BCUT2D eigenvalue weighted by Crippen LogP contribution is -2.29. The normalized spacial score (nSPS) is 14.2. The number of fused-ring (bicyclic) bond motifs is 1. The fourth-order valence-electron chi connectivity index (χ4n) is 4.19. The second kappa shape index (κ2) is 13.0. The molecule has 0 bridgehead atoms. The Balaban J connectivity index is 0.00000114. The van der Waals surface area contributed by atoms with Gasteiger partial charge in [-0.05, 0) is 37.6 Å². The van der Waals surface area contributed by atoms with E-state index in [1.54, 1.807) is 18.3 Å². The van der Waals surface area contributed by atoms with Crippen molar-refractivity contribution >= 4 is 23.3 Å². The molecule has 0 spiro atoms. The zero-order valence-electron chi connectivity index (χ0n) is 20.2. The van der Waals surface area contributed by atoms with Crippen molar-refractivity contribution in [3.8, 4) is 0 Å². The van der Waals surface area contributed by atoms with Crippen molar-refractivity contribution in [1.29, 1.82) is 0 Å². The summed E-state index contributed by atoms with van der Waals surface area (Å²) in [5, 5.41) is 4.63. The molecule has 174 valence electrons. The first kappa shape index (κ1) is 25.6. The van der Waals surface area contributed by atoms with Crippen LogP contribution in [-0.4, -0.2) is 23.6 Å². The van der Waals surface area contributed by atoms with Gasteiger partial charge in [0.15, 0.2) is 0 Å². The number of rotatable bonds is 8. The molecule has 0 unspecified atom stereocenters. The van der Waals surface area contributed by atoms with Gasteiger partial charge >= 0.3 is 0 Å². The van der Waals surface area contributed by atoms with E-state index in [-0.39, 0.29) is 11.6 Å². The smallest absolute Gasteiger partial charge is 0.258 e. The van der Waals surface area contributed by atoms with E-state index >= 15 is 0 Å². The van der Waals surface area contributed by atoms with E-state index in [0.717, 1.165) is 68.0 Å². The Morgan fingerprint density at radius 3 is 2.50 bits per heavy atom. The number of carbonyl (C=O) groups is 1. The molecule has 0 atom stereocenters. The van der Waals surface area contributed by atoms with E-state index in [9.17, 15) is 9.59 Å². The highest BCUT2D eigenvalue weighted by Gasteiger charge is 2.21. The lowest BCUT2D eigenvalue weighted by Gasteiger charge is -2.27. The largest absolute Gasteiger partial charge is 0.371 e. The van der Waals surface area contributed by atoms with Gasteiger partial charge in [0.25, 0.3) is 5.56 Å². The molecule has 1 heterocycles. The van der Waals surface area contributed by atoms with Crippen LogP contribution in [0.3, 0.4) is 0 Å². The molecule has 0 amide bonds. The van der Waals surface area contributed by atoms with Crippen LogP contribution in [0.15, 0.2) is 40.4 Å². The third-order valence-corrected chi connectivity index (χ3v) is 5.82. The van der Waals surface area contributed by atoms with E-state index in [2.05, 4.69) is 37.7 Å². The molecule has 2 aromatic rings. The maximum atomic E-state index is 13.4. The van der Waals surface area contributed by atoms with Gasteiger partial charge in [-0.3, -0.25) is 9.59 Å². The number of nitrogens with zero attached hydrogens (tertiary/aromatic N) is 2. The zero-order chi connectivity index (χ0) is 23.5. The Kier molecular flexibility index (Phi) is 10.4. The maximum absolute atomic E-state index is 13.4. The molecular formula is C27H39N3O2. The quantitative estimate of drug-likeness (QED) is 0.298. The van der Waals surface area contributed by atoms with Crippen LogP contribution >= 0.6 is 0 Å². The molecule has 1 aromatic carbocycles. The van der Waals surface area contributed by atoms with Gasteiger partial charge in [0.05, 0.1) is 0 Å². The molecule has 5 nitrogen and oxygen atoms in total. The van der Waals surface area contributed by atoms with Crippen LogP contribution in [0.4, 0.5) is 0 Å². The molecule has 1 aliphatic rings. The zero-order valence-corrected chi connectivity index (χ0v) is 20.2. The second-order valence-electron chi connectivity index (χ2n) is 8.58. The predicted octanol–water partition coefficient (Wildman–Crippen LogP) is 6.32. The third-order valence-electron chi connectivity index (χ3n) is 5.82. The van der Waals surface area contributed by atoms with Crippen LogP contribution in [0, 0.1) is 6.92 Å². The minimum absolute atomic E-state index is 0.00912. The molecular weight excluding hydrogens is 398 g/mol. The van der Waals surface area contributed by atoms with Crippen molar-refractivity contribution in [3.63, 3.8) is 0 Å². The Labute approximate surface area is 192 Å². The van der Waals surface area contributed by atoms with Crippen LogP contribution in [0.5, 0.6) is 0 Å². The lowest BCUT2D eigenvalue weighted by molar-refractivity contribution is 0.112. The number of pyridine rings is 1. The highest BCUT2D eigenvalue weighted by molar-refractivity contribution is 6.02. The van der Waals surface area contributed by atoms with Crippen LogP contribution in [0.25, 0.3) is 10.8 Å². The third kappa shape index (κ3) is 6.41. The van der Waals surface area contributed by atoms with Crippen LogP contribution in [0.1, 0.15) is 99.8 Å². The summed E-state index contributed by atoms with van der Waals surface area (Å²) in [4.78, 5) is 29.2. The fraction of sp³-hybridized carbons (Fsp3) is 0.519. The molecule has 0 aliphatic heterocycles. The lowest BCUT2D eigenvalue weighted by atomic mass is 9.93. The molecule has 32 heavy (non-hydrogen) atoms. The molecule has 0 saturated heterocycles. The van der Waals surface area contributed by atoms with Crippen LogP contribution in [0.2, 0.25) is 0 Å². The van der Waals surface area contributed by atoms with Gasteiger partial charge in [-0.1, -0.05) is 71.6 Å². The summed E-state index contributed by atoms with van der Waals surface area (Å²) in [5.74, 6) is 0.617. The first-order valence-electron chi connectivity index (χ1n) is 12.1. The summed E-state index contributed by atoms with van der Waals surface area (Å²) in [6.07, 6.45) is 11.6. The average Bonchev–Trinajstić information content (AvgIpc) is 2.80. The van der Waals surface area contributed by atoms with Crippen molar-refractivity contribution in [1.82, 2.24) is 9.88 Å². The maximum Gasteiger partial charge on any atom is 0.258 e. The van der Waals surface area contributed by atoms with Crippen LogP contribution < -0.4 is 10.9 Å². The fourth-order valence-corrected chi connectivity index (χ4v) is 4.19. The van der Waals surface area contributed by atoms with E-state index in [0.29, 0.717) is 16.8 Å². The number of aromatic nitrogens is 1. The highest BCUT2D eigenvalue weighted by Crippen LogP contribution is 2.30. The topological polar surface area (TPSA) is 63.5 Å². The Morgan fingerprint density at radius 2 is 1.88 bits per heavy atom. The second-order valence-corrected chi connectivity index (χ2v) is 8.58. The van der Waals surface area contributed by atoms with Gasteiger partial charge in [0.1, 0.15) is 12.1 Å². The van der Waals surface area contributed by atoms with Crippen molar-refractivity contribution in [2.75, 3.05) is 6.54 Å². The van der Waals surface area contributed by atoms with Crippen molar-refractivity contribution in [2.24, 2.45) is 4.99 Å². The number of benzene rings is 1. The summed E-state index contributed by atoms with van der Waals surface area (Å²) in [5.41, 5.74) is 2.35.